The van der Waals surface area contributed by atoms with Gasteiger partial charge in [0.25, 0.3) is 0 Å². The number of benzene rings is 2. The van der Waals surface area contributed by atoms with Gasteiger partial charge in [-0.1, -0.05) is 55.5 Å². The van der Waals surface area contributed by atoms with Crippen LogP contribution in [-0.2, 0) is 4.79 Å². The molecular weight excluding hydrogens is 348 g/mol. The van der Waals surface area contributed by atoms with Crippen molar-refractivity contribution in [3.63, 3.8) is 0 Å². The van der Waals surface area contributed by atoms with Gasteiger partial charge in [-0.15, -0.1) is 12.4 Å². The first-order chi connectivity index (χ1) is 12.1. The quantitative estimate of drug-likeness (QED) is 0.856. The third kappa shape index (κ3) is 4.02. The highest BCUT2D eigenvalue weighted by atomic mass is 35.5. The van der Waals surface area contributed by atoms with E-state index in [1.165, 1.54) is 0 Å². The number of carbonyl (C=O) groups excluding carboxylic acids is 1. The third-order valence-corrected chi connectivity index (χ3v) is 5.15. The van der Waals surface area contributed by atoms with Crippen LogP contribution in [0.5, 0.6) is 5.75 Å². The molecule has 1 amide bonds. The van der Waals surface area contributed by atoms with Crippen molar-refractivity contribution in [3.05, 3.63) is 65.7 Å². The Kier molecular flexibility index (Phi) is 7.06. The Balaban J connectivity index is 0.00000243. The first kappa shape index (κ1) is 20.3. The van der Waals surface area contributed by atoms with Crippen molar-refractivity contribution in [2.24, 2.45) is 11.7 Å². The second-order valence-corrected chi connectivity index (χ2v) is 6.66. The highest BCUT2D eigenvalue weighted by molar-refractivity contribution is 5.85. The maximum atomic E-state index is 13.1. The predicted molar refractivity (Wildman–Crippen MR) is 106 cm³/mol. The lowest BCUT2D eigenvalue weighted by Gasteiger charge is -2.31. The summed E-state index contributed by atoms with van der Waals surface area (Å²) in [6.45, 7) is 2.70. The van der Waals surface area contributed by atoms with Crippen LogP contribution < -0.4 is 10.5 Å². The summed E-state index contributed by atoms with van der Waals surface area (Å²) in [5.74, 6) is 0.690. The van der Waals surface area contributed by atoms with Gasteiger partial charge in [0.1, 0.15) is 5.75 Å². The van der Waals surface area contributed by atoms with Gasteiger partial charge in [0.2, 0.25) is 5.91 Å². The topological polar surface area (TPSA) is 55.6 Å². The van der Waals surface area contributed by atoms with Crippen LogP contribution in [0.1, 0.15) is 43.0 Å². The number of rotatable bonds is 5. The first-order valence-corrected chi connectivity index (χ1v) is 8.87. The number of para-hydroxylation sites is 1. The lowest BCUT2D eigenvalue weighted by atomic mass is 9.93. The van der Waals surface area contributed by atoms with Gasteiger partial charge in [0.05, 0.1) is 19.1 Å². The molecule has 1 saturated heterocycles. The molecule has 2 aromatic carbocycles. The molecule has 2 N–H and O–H groups in total. The molecule has 0 radical (unpaired) electrons. The minimum absolute atomic E-state index is 0. The Hall–Kier alpha value is -2.04. The van der Waals surface area contributed by atoms with Gasteiger partial charge in [-0.25, -0.2) is 0 Å². The third-order valence-electron chi connectivity index (χ3n) is 5.15. The normalized spacial score (nSPS) is 18.7. The minimum atomic E-state index is -0.299. The molecule has 1 aliphatic rings. The standard InChI is InChI=1S/C21H26N2O2.ClH/c1-15(20(22)16-9-4-3-5-10-16)21(24)23-14-8-12-18(23)17-11-6-7-13-19(17)25-2;/h3-7,9-11,13,15,18,20H,8,12,14,22H2,1-2H3;1H. The largest absolute Gasteiger partial charge is 0.496 e. The molecule has 26 heavy (non-hydrogen) atoms. The molecule has 3 atom stereocenters. The molecule has 0 bridgehead atoms. The Morgan fingerprint density at radius 3 is 2.50 bits per heavy atom. The summed E-state index contributed by atoms with van der Waals surface area (Å²) in [6, 6.07) is 17.6. The minimum Gasteiger partial charge on any atom is -0.496 e. The van der Waals surface area contributed by atoms with Crippen LogP contribution >= 0.6 is 12.4 Å². The molecule has 0 saturated carbocycles. The van der Waals surface area contributed by atoms with E-state index in [-0.39, 0.29) is 36.3 Å². The summed E-state index contributed by atoms with van der Waals surface area (Å²) in [4.78, 5) is 15.1. The van der Waals surface area contributed by atoms with Crippen molar-refractivity contribution in [3.8, 4) is 5.75 Å². The van der Waals surface area contributed by atoms with Crippen LogP contribution in [0, 0.1) is 5.92 Å². The van der Waals surface area contributed by atoms with E-state index in [4.69, 9.17) is 10.5 Å². The second-order valence-electron chi connectivity index (χ2n) is 6.66. The van der Waals surface area contributed by atoms with Crippen LogP contribution in [0.15, 0.2) is 54.6 Å². The molecule has 3 rings (SSSR count). The number of nitrogens with two attached hydrogens (primary N) is 1. The first-order valence-electron chi connectivity index (χ1n) is 8.87. The second kappa shape index (κ2) is 9.06. The number of ether oxygens (including phenoxy) is 1. The van der Waals surface area contributed by atoms with Crippen molar-refractivity contribution < 1.29 is 9.53 Å². The van der Waals surface area contributed by atoms with Crippen molar-refractivity contribution >= 4 is 18.3 Å². The molecule has 5 heteroatoms. The molecule has 0 spiro atoms. The van der Waals surface area contributed by atoms with Crippen LogP contribution in [0.3, 0.4) is 0 Å². The summed E-state index contributed by atoms with van der Waals surface area (Å²) in [5.41, 5.74) is 8.45. The highest BCUT2D eigenvalue weighted by Gasteiger charge is 2.35. The molecule has 3 unspecified atom stereocenters. The Morgan fingerprint density at radius 1 is 1.15 bits per heavy atom. The Morgan fingerprint density at radius 2 is 1.81 bits per heavy atom. The van der Waals surface area contributed by atoms with Crippen molar-refractivity contribution in [1.82, 2.24) is 4.90 Å². The zero-order chi connectivity index (χ0) is 17.8. The average Bonchev–Trinajstić information content (AvgIpc) is 3.16. The van der Waals surface area contributed by atoms with Gasteiger partial charge < -0.3 is 15.4 Å². The van der Waals surface area contributed by atoms with Gasteiger partial charge in [0.15, 0.2) is 0 Å². The van der Waals surface area contributed by atoms with Gasteiger partial charge in [0, 0.05) is 18.2 Å². The molecule has 0 aromatic heterocycles. The zero-order valence-corrected chi connectivity index (χ0v) is 16.1. The van der Waals surface area contributed by atoms with Gasteiger partial charge >= 0.3 is 0 Å². The predicted octanol–water partition coefficient (Wildman–Crippen LogP) is 4.12. The van der Waals surface area contributed by atoms with Crippen LogP contribution in [0.25, 0.3) is 0 Å². The zero-order valence-electron chi connectivity index (χ0n) is 15.3. The molecule has 2 aromatic rings. The molecule has 1 fully saturated rings. The summed E-state index contributed by atoms with van der Waals surface area (Å²) in [5, 5.41) is 0. The van der Waals surface area contributed by atoms with E-state index in [0.717, 1.165) is 36.3 Å². The van der Waals surface area contributed by atoms with E-state index in [1.807, 2.05) is 60.4 Å². The number of hydrogen-bond donors (Lipinski definition) is 1. The van der Waals surface area contributed by atoms with Gasteiger partial charge in [-0.2, -0.15) is 0 Å². The summed E-state index contributed by atoms with van der Waals surface area (Å²) in [6.07, 6.45) is 1.96. The number of methoxy groups -OCH3 is 1. The number of nitrogens with zero attached hydrogens (tertiary/aromatic N) is 1. The average molecular weight is 375 g/mol. The van der Waals surface area contributed by atoms with E-state index in [1.54, 1.807) is 7.11 Å². The van der Waals surface area contributed by atoms with Crippen LogP contribution in [0.4, 0.5) is 0 Å². The highest BCUT2D eigenvalue weighted by Crippen LogP contribution is 2.38. The fraction of sp³-hybridized carbons (Fsp3) is 0.381. The SMILES string of the molecule is COc1ccccc1C1CCCN1C(=O)C(C)C(N)c1ccccc1.Cl. The van der Waals surface area contributed by atoms with Crippen molar-refractivity contribution in [2.75, 3.05) is 13.7 Å². The summed E-state index contributed by atoms with van der Waals surface area (Å²) in [7, 11) is 1.67. The van der Waals surface area contributed by atoms with Gasteiger partial charge in [-0.05, 0) is 24.5 Å². The number of halogens is 1. The molecule has 1 heterocycles. The number of hydrogen-bond acceptors (Lipinski definition) is 3. The lowest BCUT2D eigenvalue weighted by Crippen LogP contribution is -2.39. The van der Waals surface area contributed by atoms with E-state index in [2.05, 4.69) is 6.07 Å². The fourth-order valence-corrected chi connectivity index (χ4v) is 3.67. The molecule has 4 nitrogen and oxygen atoms in total. The van der Waals surface area contributed by atoms with E-state index in [0.29, 0.717) is 0 Å². The summed E-state index contributed by atoms with van der Waals surface area (Å²) >= 11 is 0. The van der Waals surface area contributed by atoms with Crippen molar-refractivity contribution in [2.45, 2.75) is 31.8 Å². The number of carbonyl (C=O) groups is 1. The van der Waals surface area contributed by atoms with E-state index >= 15 is 0 Å². The summed E-state index contributed by atoms with van der Waals surface area (Å²) < 4.78 is 5.50. The molecule has 1 aliphatic heterocycles. The molecule has 0 aliphatic carbocycles. The smallest absolute Gasteiger partial charge is 0.227 e. The molecule has 140 valence electrons. The van der Waals surface area contributed by atoms with Gasteiger partial charge in [-0.3, -0.25) is 4.79 Å². The van der Waals surface area contributed by atoms with Crippen molar-refractivity contribution in [1.29, 1.82) is 0 Å². The monoisotopic (exact) mass is 374 g/mol. The van der Waals surface area contributed by atoms with Crippen LogP contribution in [-0.4, -0.2) is 24.5 Å². The Bertz CT molecular complexity index is 723. The maximum absolute atomic E-state index is 13.1. The van der Waals surface area contributed by atoms with E-state index in [9.17, 15) is 4.79 Å². The Labute approximate surface area is 161 Å². The fourth-order valence-electron chi connectivity index (χ4n) is 3.67. The number of likely N-dealkylation sites (tertiary alicyclic amines) is 1. The maximum Gasteiger partial charge on any atom is 0.227 e. The van der Waals surface area contributed by atoms with E-state index < -0.39 is 0 Å². The lowest BCUT2D eigenvalue weighted by molar-refractivity contribution is -0.136. The molecular formula is C21H27ClN2O2. The number of amides is 1. The van der Waals surface area contributed by atoms with Crippen LogP contribution in [0.2, 0.25) is 0 Å².